The van der Waals surface area contributed by atoms with Crippen LogP contribution in [0.5, 0.6) is 0 Å². The molecule has 0 bridgehead atoms. The third-order valence-corrected chi connectivity index (χ3v) is 3.79. The van der Waals surface area contributed by atoms with Crippen LogP contribution >= 0.6 is 31.9 Å². The van der Waals surface area contributed by atoms with E-state index in [4.69, 9.17) is 5.84 Å². The van der Waals surface area contributed by atoms with Crippen molar-refractivity contribution in [1.29, 1.82) is 0 Å². The minimum atomic E-state index is -0.810. The largest absolute Gasteiger partial charge is 0.320 e. The molecule has 104 valence electrons. The third-order valence-electron chi connectivity index (χ3n) is 2.47. The number of halogens is 3. The Balaban J connectivity index is 2.34. The number of nitrogen functional groups attached to an aromatic ring is 1. The van der Waals surface area contributed by atoms with E-state index < -0.39 is 11.7 Å². The number of pyridine rings is 1. The molecule has 0 unspecified atom stereocenters. The summed E-state index contributed by atoms with van der Waals surface area (Å²) >= 11 is 6.62. The van der Waals surface area contributed by atoms with E-state index in [1.54, 1.807) is 18.2 Å². The highest BCUT2D eigenvalue weighted by molar-refractivity contribution is 9.11. The molecule has 8 heteroatoms. The zero-order valence-corrected chi connectivity index (χ0v) is 13.1. The quantitative estimate of drug-likeness (QED) is 0.542. The molecule has 4 N–H and O–H groups in total. The highest BCUT2D eigenvalue weighted by atomic mass is 79.9. The van der Waals surface area contributed by atoms with E-state index in [0.717, 1.165) is 0 Å². The number of nitrogens with one attached hydrogen (secondary N) is 2. The van der Waals surface area contributed by atoms with Crippen LogP contribution in [0.2, 0.25) is 0 Å². The Kier molecular flexibility index (Phi) is 4.69. The fraction of sp³-hybridized carbons (Fsp3) is 0. The summed E-state index contributed by atoms with van der Waals surface area (Å²) in [4.78, 5) is 15.8. The smallest absolute Gasteiger partial charge is 0.258 e. The van der Waals surface area contributed by atoms with Crippen molar-refractivity contribution < 1.29 is 9.18 Å². The number of carbonyl (C=O) groups is 1. The predicted molar refractivity (Wildman–Crippen MR) is 81.8 cm³/mol. The Morgan fingerprint density at radius 2 is 1.90 bits per heavy atom. The fourth-order valence-corrected chi connectivity index (χ4v) is 2.71. The number of hydrogen-bond donors (Lipinski definition) is 3. The Bertz CT molecular complexity index is 646. The molecule has 1 aromatic carbocycles. The van der Waals surface area contributed by atoms with Crippen LogP contribution in [0, 0.1) is 5.82 Å². The standard InChI is InChI=1S/C12H9Br2FN4O/c13-7-2-1-3-8(14)10(7)18-12(20)6-4-5-17-11(19-16)9(6)15/h1-5H,16H2,(H,17,19)(H,18,20). The van der Waals surface area contributed by atoms with Crippen molar-refractivity contribution in [3.63, 3.8) is 0 Å². The fourth-order valence-electron chi connectivity index (χ4n) is 1.52. The second-order valence-corrected chi connectivity index (χ2v) is 5.42. The number of para-hydroxylation sites is 1. The van der Waals surface area contributed by atoms with Gasteiger partial charge in [0.25, 0.3) is 5.91 Å². The lowest BCUT2D eigenvalue weighted by molar-refractivity contribution is 0.102. The molecule has 0 radical (unpaired) electrons. The average molecular weight is 404 g/mol. The summed E-state index contributed by atoms with van der Waals surface area (Å²) in [7, 11) is 0. The number of amides is 1. The topological polar surface area (TPSA) is 80.0 Å². The molecule has 20 heavy (non-hydrogen) atoms. The van der Waals surface area contributed by atoms with Gasteiger partial charge in [-0.3, -0.25) is 4.79 Å². The first-order valence-corrected chi connectivity index (χ1v) is 6.99. The summed E-state index contributed by atoms with van der Waals surface area (Å²) in [6, 6.07) is 6.59. The molecular weight excluding hydrogens is 395 g/mol. The summed E-state index contributed by atoms with van der Waals surface area (Å²) in [5.74, 6) is 3.52. The van der Waals surface area contributed by atoms with E-state index in [0.29, 0.717) is 14.6 Å². The first-order valence-electron chi connectivity index (χ1n) is 5.41. The molecule has 0 saturated heterocycles. The number of benzene rings is 1. The predicted octanol–water partition coefficient (Wildman–Crippen LogP) is 3.28. The van der Waals surface area contributed by atoms with Crippen molar-refractivity contribution in [2.24, 2.45) is 5.84 Å². The van der Waals surface area contributed by atoms with E-state index in [9.17, 15) is 9.18 Å². The van der Waals surface area contributed by atoms with Gasteiger partial charge in [-0.15, -0.1) is 0 Å². The normalized spacial score (nSPS) is 10.2. The molecule has 1 heterocycles. The van der Waals surface area contributed by atoms with Gasteiger partial charge >= 0.3 is 0 Å². The second-order valence-electron chi connectivity index (χ2n) is 3.72. The van der Waals surface area contributed by atoms with Gasteiger partial charge in [0.15, 0.2) is 11.6 Å². The van der Waals surface area contributed by atoms with Crippen LogP contribution < -0.4 is 16.6 Å². The van der Waals surface area contributed by atoms with Gasteiger partial charge in [-0.2, -0.15) is 0 Å². The molecule has 0 fully saturated rings. The first kappa shape index (κ1) is 14.9. The van der Waals surface area contributed by atoms with E-state index in [-0.39, 0.29) is 11.4 Å². The second kappa shape index (κ2) is 6.29. The monoisotopic (exact) mass is 402 g/mol. The molecule has 2 rings (SSSR count). The Morgan fingerprint density at radius 1 is 1.25 bits per heavy atom. The van der Waals surface area contributed by atoms with Gasteiger partial charge in [-0.05, 0) is 50.1 Å². The molecule has 1 aromatic heterocycles. The van der Waals surface area contributed by atoms with Crippen molar-refractivity contribution in [2.45, 2.75) is 0 Å². The van der Waals surface area contributed by atoms with Crippen LogP contribution in [0.1, 0.15) is 10.4 Å². The SMILES string of the molecule is NNc1nccc(C(=O)Nc2c(Br)cccc2Br)c1F. The lowest BCUT2D eigenvalue weighted by Crippen LogP contribution is -2.18. The summed E-state index contributed by atoms with van der Waals surface area (Å²) in [6.07, 6.45) is 1.29. The van der Waals surface area contributed by atoms with E-state index >= 15 is 0 Å². The number of nitrogens with zero attached hydrogens (tertiary/aromatic N) is 1. The molecule has 0 aliphatic heterocycles. The maximum Gasteiger partial charge on any atom is 0.258 e. The zero-order chi connectivity index (χ0) is 14.7. The summed E-state index contributed by atoms with van der Waals surface area (Å²) in [5, 5.41) is 2.62. The minimum Gasteiger partial charge on any atom is -0.320 e. The Morgan fingerprint density at radius 3 is 2.50 bits per heavy atom. The van der Waals surface area contributed by atoms with Gasteiger partial charge in [0.2, 0.25) is 0 Å². The van der Waals surface area contributed by atoms with Crippen LogP contribution in [-0.4, -0.2) is 10.9 Å². The number of carbonyl (C=O) groups excluding carboxylic acids is 1. The zero-order valence-electron chi connectivity index (χ0n) is 9.95. The number of aromatic nitrogens is 1. The van der Waals surface area contributed by atoms with Crippen molar-refractivity contribution in [3.8, 4) is 0 Å². The third kappa shape index (κ3) is 2.97. The number of hydrazine groups is 1. The molecule has 5 nitrogen and oxygen atoms in total. The average Bonchev–Trinajstić information content (AvgIpc) is 2.43. The minimum absolute atomic E-state index is 0.157. The van der Waals surface area contributed by atoms with Crippen molar-refractivity contribution >= 4 is 49.3 Å². The van der Waals surface area contributed by atoms with E-state index in [1.165, 1.54) is 12.3 Å². The number of hydrogen-bond acceptors (Lipinski definition) is 4. The Hall–Kier alpha value is -1.51. The van der Waals surface area contributed by atoms with Crippen molar-refractivity contribution in [2.75, 3.05) is 10.7 Å². The summed E-state index contributed by atoms with van der Waals surface area (Å²) in [5.41, 5.74) is 2.45. The molecule has 1 amide bonds. The van der Waals surface area contributed by atoms with Crippen molar-refractivity contribution in [1.82, 2.24) is 4.98 Å². The molecule has 0 atom stereocenters. The molecule has 0 aliphatic carbocycles. The lowest BCUT2D eigenvalue weighted by atomic mass is 10.2. The van der Waals surface area contributed by atoms with Crippen LogP contribution in [-0.2, 0) is 0 Å². The Labute approximate surface area is 131 Å². The number of rotatable bonds is 3. The van der Waals surface area contributed by atoms with Crippen molar-refractivity contribution in [3.05, 3.63) is 50.8 Å². The molecule has 2 aromatic rings. The first-order chi connectivity index (χ1) is 9.54. The summed E-state index contributed by atoms with van der Waals surface area (Å²) < 4.78 is 15.3. The molecule has 0 spiro atoms. The van der Waals surface area contributed by atoms with Gasteiger partial charge < -0.3 is 10.7 Å². The van der Waals surface area contributed by atoms with Crippen LogP contribution in [0.3, 0.4) is 0 Å². The van der Waals surface area contributed by atoms with Gasteiger partial charge in [-0.25, -0.2) is 15.2 Å². The number of anilines is 2. The highest BCUT2D eigenvalue weighted by Gasteiger charge is 2.17. The van der Waals surface area contributed by atoms with Gasteiger partial charge in [0.1, 0.15) is 0 Å². The maximum absolute atomic E-state index is 13.9. The van der Waals surface area contributed by atoms with E-state index in [1.807, 2.05) is 0 Å². The molecule has 0 aliphatic rings. The van der Waals surface area contributed by atoms with Gasteiger partial charge in [0, 0.05) is 15.1 Å². The van der Waals surface area contributed by atoms with E-state index in [2.05, 4.69) is 47.6 Å². The molecular formula is C12H9Br2FN4O. The van der Waals surface area contributed by atoms with Gasteiger partial charge in [-0.1, -0.05) is 6.07 Å². The highest BCUT2D eigenvalue weighted by Crippen LogP contribution is 2.31. The molecule has 0 saturated carbocycles. The lowest BCUT2D eigenvalue weighted by Gasteiger charge is -2.11. The maximum atomic E-state index is 13.9. The summed E-state index contributed by atoms with van der Waals surface area (Å²) in [6.45, 7) is 0. The van der Waals surface area contributed by atoms with Gasteiger partial charge in [0.05, 0.1) is 11.3 Å². The number of nitrogens with two attached hydrogens (primary N) is 1. The van der Waals surface area contributed by atoms with Crippen LogP contribution in [0.25, 0.3) is 0 Å². The van der Waals surface area contributed by atoms with Crippen LogP contribution in [0.4, 0.5) is 15.9 Å². The van der Waals surface area contributed by atoms with Crippen LogP contribution in [0.15, 0.2) is 39.4 Å².